The van der Waals surface area contributed by atoms with Crippen molar-refractivity contribution in [2.45, 2.75) is 32.4 Å². The first-order valence-corrected chi connectivity index (χ1v) is 6.57. The van der Waals surface area contributed by atoms with E-state index in [1.54, 1.807) is 11.8 Å². The van der Waals surface area contributed by atoms with Crippen molar-refractivity contribution in [3.8, 4) is 0 Å². The van der Waals surface area contributed by atoms with Gasteiger partial charge in [0.2, 0.25) is 5.91 Å². The number of carbonyl (C=O) groups excluding carboxylic acids is 1. The molecule has 5 nitrogen and oxygen atoms in total. The van der Waals surface area contributed by atoms with Gasteiger partial charge in [-0.1, -0.05) is 13.8 Å². The first-order chi connectivity index (χ1) is 7.40. The van der Waals surface area contributed by atoms with E-state index in [-0.39, 0.29) is 5.92 Å². The minimum atomic E-state index is -1.02. The number of rotatable bonds is 7. The first-order valence-electron chi connectivity index (χ1n) is 5.17. The summed E-state index contributed by atoms with van der Waals surface area (Å²) >= 11 is 1.54. The summed E-state index contributed by atoms with van der Waals surface area (Å²) in [7, 11) is 0. The molecule has 16 heavy (non-hydrogen) atoms. The smallest absolute Gasteiger partial charge is 0.326 e. The summed E-state index contributed by atoms with van der Waals surface area (Å²) in [6.45, 7) is 3.64. The number of hydrogen-bond donors (Lipinski definition) is 3. The fraction of sp³-hybridized carbons (Fsp3) is 0.800. The third-order valence-electron chi connectivity index (χ3n) is 2.25. The van der Waals surface area contributed by atoms with Gasteiger partial charge in [0.25, 0.3) is 0 Å². The van der Waals surface area contributed by atoms with Gasteiger partial charge in [-0.25, -0.2) is 4.79 Å². The van der Waals surface area contributed by atoms with Crippen LogP contribution in [0.1, 0.15) is 20.3 Å². The zero-order valence-electron chi connectivity index (χ0n) is 9.90. The second-order valence-corrected chi connectivity index (χ2v) is 4.94. The molecule has 0 aliphatic rings. The van der Waals surface area contributed by atoms with E-state index in [4.69, 9.17) is 10.8 Å². The van der Waals surface area contributed by atoms with Crippen molar-refractivity contribution in [2.24, 2.45) is 11.7 Å². The van der Waals surface area contributed by atoms with E-state index in [1.807, 2.05) is 20.1 Å². The van der Waals surface area contributed by atoms with Crippen LogP contribution >= 0.6 is 11.8 Å². The lowest BCUT2D eigenvalue weighted by atomic mass is 10.0. The van der Waals surface area contributed by atoms with Gasteiger partial charge in [-0.15, -0.1) is 0 Å². The lowest BCUT2D eigenvalue weighted by molar-refractivity contribution is -0.142. The maximum absolute atomic E-state index is 11.6. The quantitative estimate of drug-likeness (QED) is 0.602. The molecular weight excluding hydrogens is 228 g/mol. The van der Waals surface area contributed by atoms with E-state index < -0.39 is 24.0 Å². The molecule has 0 bridgehead atoms. The molecule has 94 valence electrons. The van der Waals surface area contributed by atoms with Gasteiger partial charge in [-0.2, -0.15) is 11.8 Å². The Hall–Kier alpha value is -0.750. The second-order valence-electron chi connectivity index (χ2n) is 3.95. The molecule has 0 saturated carbocycles. The van der Waals surface area contributed by atoms with Crippen LogP contribution in [0, 0.1) is 5.92 Å². The second kappa shape index (κ2) is 7.51. The highest BCUT2D eigenvalue weighted by Crippen LogP contribution is 2.03. The molecule has 1 amide bonds. The number of amides is 1. The molecule has 0 fully saturated rings. The van der Waals surface area contributed by atoms with Crippen LogP contribution in [0.4, 0.5) is 0 Å². The Morgan fingerprint density at radius 3 is 2.38 bits per heavy atom. The summed E-state index contributed by atoms with van der Waals surface area (Å²) in [6, 6.07) is -1.50. The number of carboxylic acids is 1. The normalized spacial score (nSPS) is 14.6. The summed E-state index contributed by atoms with van der Waals surface area (Å²) < 4.78 is 0. The Kier molecular flexibility index (Phi) is 7.16. The van der Waals surface area contributed by atoms with E-state index >= 15 is 0 Å². The summed E-state index contributed by atoms with van der Waals surface area (Å²) in [4.78, 5) is 22.4. The maximum atomic E-state index is 11.6. The van der Waals surface area contributed by atoms with Crippen molar-refractivity contribution in [3.63, 3.8) is 0 Å². The van der Waals surface area contributed by atoms with Crippen LogP contribution in [-0.4, -0.2) is 41.1 Å². The number of hydrogen-bond acceptors (Lipinski definition) is 4. The average molecular weight is 248 g/mol. The fourth-order valence-electron chi connectivity index (χ4n) is 1.06. The zero-order valence-corrected chi connectivity index (χ0v) is 10.7. The van der Waals surface area contributed by atoms with Gasteiger partial charge in [-0.3, -0.25) is 4.79 Å². The van der Waals surface area contributed by atoms with Crippen LogP contribution in [0.25, 0.3) is 0 Å². The molecule has 0 aromatic carbocycles. The fourth-order valence-corrected chi connectivity index (χ4v) is 1.54. The van der Waals surface area contributed by atoms with Crippen molar-refractivity contribution in [3.05, 3.63) is 0 Å². The van der Waals surface area contributed by atoms with Crippen LogP contribution in [0.15, 0.2) is 0 Å². The van der Waals surface area contributed by atoms with Crippen molar-refractivity contribution in [1.82, 2.24) is 5.32 Å². The van der Waals surface area contributed by atoms with E-state index in [2.05, 4.69) is 5.32 Å². The highest BCUT2D eigenvalue weighted by atomic mass is 32.2. The largest absolute Gasteiger partial charge is 0.480 e. The lowest BCUT2D eigenvalue weighted by Gasteiger charge is -2.19. The molecule has 0 spiro atoms. The summed E-state index contributed by atoms with van der Waals surface area (Å²) in [5.74, 6) is -0.731. The number of nitrogens with two attached hydrogens (primary N) is 1. The Balaban J connectivity index is 4.28. The van der Waals surface area contributed by atoms with Crippen molar-refractivity contribution in [2.75, 3.05) is 12.0 Å². The van der Waals surface area contributed by atoms with Crippen LogP contribution < -0.4 is 11.1 Å². The van der Waals surface area contributed by atoms with Crippen molar-refractivity contribution in [1.29, 1.82) is 0 Å². The molecule has 0 aromatic rings. The molecule has 0 saturated heterocycles. The molecule has 0 aromatic heterocycles. The predicted molar refractivity (Wildman–Crippen MR) is 65.4 cm³/mol. The van der Waals surface area contributed by atoms with Gasteiger partial charge < -0.3 is 16.2 Å². The van der Waals surface area contributed by atoms with E-state index in [0.29, 0.717) is 12.2 Å². The van der Waals surface area contributed by atoms with Gasteiger partial charge in [0.1, 0.15) is 6.04 Å². The van der Waals surface area contributed by atoms with E-state index in [0.717, 1.165) is 0 Å². The van der Waals surface area contributed by atoms with Gasteiger partial charge >= 0.3 is 5.97 Å². The van der Waals surface area contributed by atoms with Gasteiger partial charge in [0.15, 0.2) is 0 Å². The standard InChI is InChI=1S/C10H20N2O3S/c1-6(2)8(11)9(13)12-7(10(14)15)4-5-16-3/h6-8H,4-5,11H2,1-3H3,(H,12,13)(H,14,15)/t7-,8+/m1/s1. The Labute approximate surface area is 100 Å². The number of nitrogens with one attached hydrogen (secondary N) is 1. The molecule has 0 heterocycles. The minimum absolute atomic E-state index is 0.00463. The monoisotopic (exact) mass is 248 g/mol. The maximum Gasteiger partial charge on any atom is 0.326 e. The highest BCUT2D eigenvalue weighted by molar-refractivity contribution is 7.98. The first kappa shape index (κ1) is 15.2. The summed E-state index contributed by atoms with van der Waals surface area (Å²) in [6.07, 6.45) is 2.30. The summed E-state index contributed by atoms with van der Waals surface area (Å²) in [5.41, 5.74) is 5.63. The molecular formula is C10H20N2O3S. The summed E-state index contributed by atoms with van der Waals surface area (Å²) in [5, 5.41) is 11.4. The third kappa shape index (κ3) is 5.37. The molecule has 0 radical (unpaired) electrons. The molecule has 0 rings (SSSR count). The molecule has 6 heteroatoms. The van der Waals surface area contributed by atoms with Gasteiger partial charge in [0.05, 0.1) is 6.04 Å². The number of carbonyl (C=O) groups is 2. The van der Waals surface area contributed by atoms with Crippen molar-refractivity contribution >= 4 is 23.6 Å². The lowest BCUT2D eigenvalue weighted by Crippen LogP contribution is -2.50. The molecule has 0 unspecified atom stereocenters. The molecule has 0 aliphatic carbocycles. The number of aliphatic carboxylic acids is 1. The Morgan fingerprint density at radius 1 is 1.44 bits per heavy atom. The van der Waals surface area contributed by atoms with Crippen molar-refractivity contribution < 1.29 is 14.7 Å². The Bertz CT molecular complexity index is 246. The molecule has 0 aliphatic heterocycles. The van der Waals surface area contributed by atoms with Crippen LogP contribution in [0.2, 0.25) is 0 Å². The zero-order chi connectivity index (χ0) is 12.7. The SMILES string of the molecule is CSCC[C@@H](NC(=O)[C@@H](N)C(C)C)C(=O)O. The third-order valence-corrected chi connectivity index (χ3v) is 2.89. The number of thioether (sulfide) groups is 1. The van der Waals surface area contributed by atoms with E-state index in [9.17, 15) is 9.59 Å². The van der Waals surface area contributed by atoms with Crippen LogP contribution in [0.5, 0.6) is 0 Å². The van der Waals surface area contributed by atoms with Gasteiger partial charge in [-0.05, 0) is 24.3 Å². The van der Waals surface area contributed by atoms with E-state index in [1.165, 1.54) is 0 Å². The average Bonchev–Trinajstić information content (AvgIpc) is 2.21. The molecule has 4 N–H and O–H groups in total. The van der Waals surface area contributed by atoms with Crippen LogP contribution in [0.3, 0.4) is 0 Å². The Morgan fingerprint density at radius 2 is 2.00 bits per heavy atom. The highest BCUT2D eigenvalue weighted by Gasteiger charge is 2.24. The minimum Gasteiger partial charge on any atom is -0.480 e. The topological polar surface area (TPSA) is 92.4 Å². The number of carboxylic acid groups (broad SMARTS) is 1. The predicted octanol–water partition coefficient (Wildman–Crippen LogP) is 0.292. The van der Waals surface area contributed by atoms with Crippen LogP contribution in [-0.2, 0) is 9.59 Å². The van der Waals surface area contributed by atoms with Gasteiger partial charge in [0, 0.05) is 0 Å². The molecule has 2 atom stereocenters.